The van der Waals surface area contributed by atoms with Crippen molar-refractivity contribution in [1.82, 2.24) is 15.5 Å². The zero-order valence-corrected chi connectivity index (χ0v) is 11.9. The van der Waals surface area contributed by atoms with E-state index in [4.69, 9.17) is 5.11 Å². The SMILES string of the molecule is CCC(C)[C@H](NC(=O)NCCC(=O)N(C)C)C(=O)O. The van der Waals surface area contributed by atoms with Gasteiger partial charge in [0.05, 0.1) is 0 Å². The Morgan fingerprint density at radius 3 is 2.26 bits per heavy atom. The van der Waals surface area contributed by atoms with Crippen LogP contribution in [0.25, 0.3) is 0 Å². The first-order chi connectivity index (χ1) is 8.79. The molecule has 0 radical (unpaired) electrons. The number of carboxylic acids is 1. The van der Waals surface area contributed by atoms with E-state index in [1.807, 2.05) is 6.92 Å². The average Bonchev–Trinajstić information content (AvgIpc) is 2.34. The van der Waals surface area contributed by atoms with Gasteiger partial charge in [0.25, 0.3) is 0 Å². The van der Waals surface area contributed by atoms with E-state index >= 15 is 0 Å². The third-order valence-corrected chi connectivity index (χ3v) is 2.89. The minimum absolute atomic E-state index is 0.1000. The van der Waals surface area contributed by atoms with Crippen molar-refractivity contribution in [2.75, 3.05) is 20.6 Å². The summed E-state index contributed by atoms with van der Waals surface area (Å²) < 4.78 is 0. The number of carbonyl (C=O) groups excluding carboxylic acids is 2. The Kier molecular flexibility index (Phi) is 7.55. The second-order valence-electron chi connectivity index (χ2n) is 4.64. The lowest BCUT2D eigenvalue weighted by atomic mass is 9.99. The van der Waals surface area contributed by atoms with Gasteiger partial charge in [-0.05, 0) is 5.92 Å². The third kappa shape index (κ3) is 6.64. The van der Waals surface area contributed by atoms with E-state index in [1.54, 1.807) is 21.0 Å². The molecule has 0 aromatic rings. The summed E-state index contributed by atoms with van der Waals surface area (Å²) in [5.41, 5.74) is 0. The predicted octanol–water partition coefficient (Wildman–Crippen LogP) is 0.263. The predicted molar refractivity (Wildman–Crippen MR) is 70.7 cm³/mol. The Bertz CT molecular complexity index is 331. The molecule has 19 heavy (non-hydrogen) atoms. The fraction of sp³-hybridized carbons (Fsp3) is 0.750. The molecule has 0 spiro atoms. The maximum absolute atomic E-state index is 11.5. The summed E-state index contributed by atoms with van der Waals surface area (Å²) in [4.78, 5) is 35.2. The lowest BCUT2D eigenvalue weighted by Crippen LogP contribution is -2.49. The van der Waals surface area contributed by atoms with Gasteiger partial charge in [-0.15, -0.1) is 0 Å². The van der Waals surface area contributed by atoms with Crippen molar-refractivity contribution in [1.29, 1.82) is 0 Å². The van der Waals surface area contributed by atoms with E-state index in [0.717, 1.165) is 0 Å². The molecule has 0 aliphatic rings. The van der Waals surface area contributed by atoms with E-state index in [2.05, 4.69) is 10.6 Å². The van der Waals surface area contributed by atoms with Crippen LogP contribution in [0.3, 0.4) is 0 Å². The quantitative estimate of drug-likeness (QED) is 0.619. The van der Waals surface area contributed by atoms with Crippen LogP contribution in [-0.2, 0) is 9.59 Å². The number of nitrogens with zero attached hydrogens (tertiary/aromatic N) is 1. The minimum atomic E-state index is -1.06. The second kappa shape index (κ2) is 8.34. The molecular weight excluding hydrogens is 250 g/mol. The zero-order chi connectivity index (χ0) is 15.0. The first-order valence-corrected chi connectivity index (χ1v) is 6.26. The summed E-state index contributed by atoms with van der Waals surface area (Å²) in [6.45, 7) is 3.79. The van der Waals surface area contributed by atoms with Gasteiger partial charge in [-0.3, -0.25) is 4.79 Å². The van der Waals surface area contributed by atoms with Crippen molar-refractivity contribution in [3.63, 3.8) is 0 Å². The highest BCUT2D eigenvalue weighted by Crippen LogP contribution is 2.07. The average molecular weight is 273 g/mol. The number of carboxylic acid groups (broad SMARTS) is 1. The summed E-state index contributed by atoms with van der Waals surface area (Å²) in [7, 11) is 3.26. The van der Waals surface area contributed by atoms with Gasteiger partial charge >= 0.3 is 12.0 Å². The second-order valence-corrected chi connectivity index (χ2v) is 4.64. The smallest absolute Gasteiger partial charge is 0.326 e. The molecule has 7 heteroatoms. The topological polar surface area (TPSA) is 98.7 Å². The largest absolute Gasteiger partial charge is 0.480 e. The molecule has 0 fully saturated rings. The van der Waals surface area contributed by atoms with Crippen LogP contribution < -0.4 is 10.6 Å². The number of amides is 3. The molecule has 0 saturated carbocycles. The van der Waals surface area contributed by atoms with Crippen molar-refractivity contribution in [2.24, 2.45) is 5.92 Å². The van der Waals surface area contributed by atoms with Crippen LogP contribution in [0.5, 0.6) is 0 Å². The Hall–Kier alpha value is -1.79. The lowest BCUT2D eigenvalue weighted by molar-refractivity contribution is -0.140. The molecule has 0 aliphatic carbocycles. The molecule has 0 aliphatic heterocycles. The number of urea groups is 1. The molecule has 1 unspecified atom stereocenters. The molecular formula is C12H23N3O4. The van der Waals surface area contributed by atoms with E-state index in [9.17, 15) is 14.4 Å². The van der Waals surface area contributed by atoms with E-state index < -0.39 is 18.0 Å². The molecule has 0 bridgehead atoms. The van der Waals surface area contributed by atoms with Crippen molar-refractivity contribution in [3.8, 4) is 0 Å². The van der Waals surface area contributed by atoms with Gasteiger partial charge in [-0.1, -0.05) is 20.3 Å². The summed E-state index contributed by atoms with van der Waals surface area (Å²) in [6, 6.07) is -1.49. The Morgan fingerprint density at radius 2 is 1.84 bits per heavy atom. The highest BCUT2D eigenvalue weighted by atomic mass is 16.4. The van der Waals surface area contributed by atoms with Crippen LogP contribution >= 0.6 is 0 Å². The van der Waals surface area contributed by atoms with Gasteiger partial charge < -0.3 is 20.6 Å². The molecule has 0 aromatic heterocycles. The normalized spacial score (nSPS) is 13.3. The van der Waals surface area contributed by atoms with Crippen molar-refractivity contribution in [2.45, 2.75) is 32.7 Å². The first-order valence-electron chi connectivity index (χ1n) is 6.26. The Morgan fingerprint density at radius 1 is 1.26 bits per heavy atom. The number of hydrogen-bond acceptors (Lipinski definition) is 3. The number of carbonyl (C=O) groups is 3. The first kappa shape index (κ1) is 17.2. The van der Waals surface area contributed by atoms with Crippen LogP contribution in [0, 0.1) is 5.92 Å². The van der Waals surface area contributed by atoms with Gasteiger partial charge in [-0.25, -0.2) is 9.59 Å². The summed E-state index contributed by atoms with van der Waals surface area (Å²) in [6.07, 6.45) is 0.831. The van der Waals surface area contributed by atoms with Crippen LogP contribution in [0.15, 0.2) is 0 Å². The zero-order valence-electron chi connectivity index (χ0n) is 11.9. The number of aliphatic carboxylic acids is 1. The summed E-state index contributed by atoms with van der Waals surface area (Å²) in [5.74, 6) is -1.32. The van der Waals surface area contributed by atoms with Crippen LogP contribution in [0.2, 0.25) is 0 Å². The number of hydrogen-bond donors (Lipinski definition) is 3. The number of rotatable bonds is 7. The molecule has 3 amide bonds. The number of nitrogens with one attached hydrogen (secondary N) is 2. The van der Waals surface area contributed by atoms with Gasteiger partial charge in [0.2, 0.25) is 5.91 Å². The molecule has 0 aromatic carbocycles. The summed E-state index contributed by atoms with van der Waals surface area (Å²) in [5, 5.41) is 13.9. The summed E-state index contributed by atoms with van der Waals surface area (Å²) >= 11 is 0. The molecule has 0 saturated heterocycles. The third-order valence-electron chi connectivity index (χ3n) is 2.89. The Balaban J connectivity index is 4.14. The van der Waals surface area contributed by atoms with Gasteiger partial charge in [0.1, 0.15) is 6.04 Å². The Labute approximate surface area is 113 Å². The van der Waals surface area contributed by atoms with Gasteiger partial charge in [-0.2, -0.15) is 0 Å². The molecule has 7 nitrogen and oxygen atoms in total. The highest BCUT2D eigenvalue weighted by molar-refractivity contribution is 5.83. The standard InChI is InChI=1S/C12H23N3O4/c1-5-8(2)10(11(17)18)14-12(19)13-7-6-9(16)15(3)4/h8,10H,5-7H2,1-4H3,(H,17,18)(H2,13,14,19)/t8?,10-/m0/s1. The minimum Gasteiger partial charge on any atom is -0.480 e. The molecule has 0 heterocycles. The van der Waals surface area contributed by atoms with Crippen LogP contribution in [-0.4, -0.2) is 54.6 Å². The van der Waals surface area contributed by atoms with Crippen LogP contribution in [0.4, 0.5) is 4.79 Å². The van der Waals surface area contributed by atoms with Crippen molar-refractivity contribution in [3.05, 3.63) is 0 Å². The van der Waals surface area contributed by atoms with Gasteiger partial charge in [0.15, 0.2) is 0 Å². The monoisotopic (exact) mass is 273 g/mol. The fourth-order valence-electron chi connectivity index (χ4n) is 1.38. The van der Waals surface area contributed by atoms with E-state index in [-0.39, 0.29) is 24.8 Å². The molecule has 3 N–H and O–H groups in total. The molecule has 110 valence electrons. The fourth-order valence-corrected chi connectivity index (χ4v) is 1.38. The maximum Gasteiger partial charge on any atom is 0.326 e. The highest BCUT2D eigenvalue weighted by Gasteiger charge is 2.25. The van der Waals surface area contributed by atoms with E-state index in [1.165, 1.54) is 4.90 Å². The lowest BCUT2D eigenvalue weighted by Gasteiger charge is -2.20. The molecule has 2 atom stereocenters. The van der Waals surface area contributed by atoms with Crippen molar-refractivity contribution < 1.29 is 19.5 Å². The van der Waals surface area contributed by atoms with Crippen molar-refractivity contribution >= 4 is 17.9 Å². The molecule has 0 rings (SSSR count). The van der Waals surface area contributed by atoms with Gasteiger partial charge in [0, 0.05) is 27.1 Å². The maximum atomic E-state index is 11.5. The van der Waals surface area contributed by atoms with Crippen LogP contribution in [0.1, 0.15) is 26.7 Å². The van der Waals surface area contributed by atoms with E-state index in [0.29, 0.717) is 6.42 Å².